The Kier molecular flexibility index (Phi) is 5.03. The number of benzene rings is 1. The van der Waals surface area contributed by atoms with Crippen LogP contribution in [0.5, 0.6) is 0 Å². The van der Waals surface area contributed by atoms with Gasteiger partial charge in [0.15, 0.2) is 0 Å². The second-order valence-corrected chi connectivity index (χ2v) is 4.19. The summed E-state index contributed by atoms with van der Waals surface area (Å²) in [5, 5.41) is 8.74. The predicted molar refractivity (Wildman–Crippen MR) is 65.9 cm³/mol. The first kappa shape index (κ1) is 12.8. The van der Waals surface area contributed by atoms with Crippen LogP contribution in [-0.4, -0.2) is 29.1 Å². The third-order valence-corrected chi connectivity index (χ3v) is 2.80. The summed E-state index contributed by atoms with van der Waals surface area (Å²) in [4.78, 5) is 12.3. The highest BCUT2D eigenvalue weighted by molar-refractivity contribution is 9.10. The number of aliphatic carboxylic acids is 1. The molecule has 1 N–H and O–H groups in total. The van der Waals surface area contributed by atoms with Crippen LogP contribution in [0, 0.1) is 12.3 Å². The van der Waals surface area contributed by atoms with Gasteiger partial charge in [0, 0.05) is 11.0 Å². The second-order valence-electron chi connectivity index (χ2n) is 3.33. The van der Waals surface area contributed by atoms with Crippen LogP contribution < -0.4 is 0 Å². The molecule has 0 aromatic heterocycles. The molecule has 0 radical (unpaired) electrons. The Hall–Kier alpha value is -1.31. The molecule has 0 fully saturated rings. The monoisotopic (exact) mass is 281 g/mol. The summed E-state index contributed by atoms with van der Waals surface area (Å²) in [5.41, 5.74) is 1.03. The summed E-state index contributed by atoms with van der Waals surface area (Å²) >= 11 is 3.42. The topological polar surface area (TPSA) is 40.5 Å². The molecule has 4 heteroatoms. The largest absolute Gasteiger partial charge is 0.480 e. The van der Waals surface area contributed by atoms with E-state index in [1.54, 1.807) is 4.90 Å². The molecule has 0 aliphatic carbocycles. The first-order valence-electron chi connectivity index (χ1n) is 4.74. The number of carboxylic acid groups (broad SMARTS) is 1. The lowest BCUT2D eigenvalue weighted by molar-refractivity contribution is -0.138. The molecule has 0 spiro atoms. The van der Waals surface area contributed by atoms with E-state index in [0.29, 0.717) is 13.1 Å². The minimum atomic E-state index is -0.873. The second kappa shape index (κ2) is 6.31. The fourth-order valence-corrected chi connectivity index (χ4v) is 1.77. The third-order valence-electron chi connectivity index (χ3n) is 2.03. The molecule has 0 saturated heterocycles. The van der Waals surface area contributed by atoms with Crippen molar-refractivity contribution in [1.82, 2.24) is 4.90 Å². The van der Waals surface area contributed by atoms with Gasteiger partial charge in [-0.3, -0.25) is 9.69 Å². The SMILES string of the molecule is C#CCN(CC(=O)O)Cc1ccccc1Br. The van der Waals surface area contributed by atoms with Gasteiger partial charge in [-0.15, -0.1) is 6.42 Å². The minimum absolute atomic E-state index is 0.0501. The molecule has 1 aromatic carbocycles. The minimum Gasteiger partial charge on any atom is -0.480 e. The van der Waals surface area contributed by atoms with Crippen LogP contribution in [0.25, 0.3) is 0 Å². The van der Waals surface area contributed by atoms with Gasteiger partial charge in [-0.2, -0.15) is 0 Å². The van der Waals surface area contributed by atoms with Crippen molar-refractivity contribution in [3.63, 3.8) is 0 Å². The fourth-order valence-electron chi connectivity index (χ4n) is 1.36. The van der Waals surface area contributed by atoms with Crippen molar-refractivity contribution in [3.05, 3.63) is 34.3 Å². The zero-order valence-electron chi connectivity index (χ0n) is 8.69. The molecular formula is C12H12BrNO2. The zero-order valence-corrected chi connectivity index (χ0v) is 10.3. The Labute approximate surface area is 103 Å². The standard InChI is InChI=1S/C12H12BrNO2/c1-2-7-14(9-12(15)16)8-10-5-3-4-6-11(10)13/h1,3-6H,7-9H2,(H,15,16). The van der Waals surface area contributed by atoms with Gasteiger partial charge in [0.05, 0.1) is 13.1 Å². The van der Waals surface area contributed by atoms with Crippen LogP contribution >= 0.6 is 15.9 Å². The summed E-state index contributed by atoms with van der Waals surface area (Å²) in [5.74, 6) is 1.59. The van der Waals surface area contributed by atoms with Crippen LogP contribution in [0.1, 0.15) is 5.56 Å². The summed E-state index contributed by atoms with van der Waals surface area (Å²) in [6, 6.07) is 7.69. The molecular weight excluding hydrogens is 270 g/mol. The molecule has 0 aliphatic rings. The van der Waals surface area contributed by atoms with Crippen molar-refractivity contribution in [3.8, 4) is 12.3 Å². The van der Waals surface area contributed by atoms with Gasteiger partial charge in [-0.1, -0.05) is 40.0 Å². The molecule has 3 nitrogen and oxygen atoms in total. The van der Waals surface area contributed by atoms with E-state index in [0.717, 1.165) is 10.0 Å². The van der Waals surface area contributed by atoms with Crippen LogP contribution in [0.4, 0.5) is 0 Å². The predicted octanol–water partition coefficient (Wildman–Crippen LogP) is 1.97. The molecule has 0 atom stereocenters. The highest BCUT2D eigenvalue weighted by Gasteiger charge is 2.10. The number of nitrogens with zero attached hydrogens (tertiary/aromatic N) is 1. The van der Waals surface area contributed by atoms with Gasteiger partial charge >= 0.3 is 5.97 Å². The lowest BCUT2D eigenvalue weighted by atomic mass is 10.2. The van der Waals surface area contributed by atoms with Crippen molar-refractivity contribution in [2.75, 3.05) is 13.1 Å². The van der Waals surface area contributed by atoms with Crippen molar-refractivity contribution in [2.24, 2.45) is 0 Å². The first-order chi connectivity index (χ1) is 7.63. The highest BCUT2D eigenvalue weighted by atomic mass is 79.9. The van der Waals surface area contributed by atoms with Crippen molar-refractivity contribution >= 4 is 21.9 Å². The van der Waals surface area contributed by atoms with E-state index >= 15 is 0 Å². The molecule has 0 unspecified atom stereocenters. The Morgan fingerprint density at radius 2 is 2.19 bits per heavy atom. The molecule has 1 aromatic rings. The number of carbonyl (C=O) groups is 1. The van der Waals surface area contributed by atoms with E-state index in [4.69, 9.17) is 11.5 Å². The van der Waals surface area contributed by atoms with E-state index < -0.39 is 5.97 Å². The molecule has 84 valence electrons. The van der Waals surface area contributed by atoms with Crippen molar-refractivity contribution < 1.29 is 9.90 Å². The molecule has 0 saturated carbocycles. The number of carboxylic acids is 1. The Morgan fingerprint density at radius 1 is 1.50 bits per heavy atom. The maximum Gasteiger partial charge on any atom is 0.317 e. The van der Waals surface area contributed by atoms with Crippen LogP contribution in [0.2, 0.25) is 0 Å². The molecule has 0 aliphatic heterocycles. The number of rotatable bonds is 5. The molecule has 0 bridgehead atoms. The van der Waals surface area contributed by atoms with Gasteiger partial charge in [0.2, 0.25) is 0 Å². The van der Waals surface area contributed by atoms with Crippen LogP contribution in [0.15, 0.2) is 28.7 Å². The lowest BCUT2D eigenvalue weighted by Crippen LogP contribution is -2.29. The van der Waals surface area contributed by atoms with Crippen LogP contribution in [0.3, 0.4) is 0 Å². The van der Waals surface area contributed by atoms with E-state index in [2.05, 4.69) is 21.9 Å². The summed E-state index contributed by atoms with van der Waals surface area (Å²) in [6.45, 7) is 0.803. The van der Waals surface area contributed by atoms with Crippen LogP contribution in [-0.2, 0) is 11.3 Å². The molecule has 0 heterocycles. The summed E-state index contributed by atoms with van der Waals surface area (Å²) < 4.78 is 0.961. The Bertz CT molecular complexity index is 412. The number of hydrogen-bond donors (Lipinski definition) is 1. The van der Waals surface area contributed by atoms with Gasteiger partial charge in [-0.25, -0.2) is 0 Å². The normalized spacial score (nSPS) is 10.1. The molecule has 1 rings (SSSR count). The first-order valence-corrected chi connectivity index (χ1v) is 5.54. The number of terminal acetylenes is 1. The Balaban J connectivity index is 2.72. The zero-order chi connectivity index (χ0) is 12.0. The van der Waals surface area contributed by atoms with E-state index in [1.807, 2.05) is 24.3 Å². The smallest absolute Gasteiger partial charge is 0.317 e. The van der Waals surface area contributed by atoms with Gasteiger partial charge in [-0.05, 0) is 11.6 Å². The van der Waals surface area contributed by atoms with E-state index in [1.165, 1.54) is 0 Å². The van der Waals surface area contributed by atoms with Gasteiger partial charge in [0.1, 0.15) is 0 Å². The number of hydrogen-bond acceptors (Lipinski definition) is 2. The Morgan fingerprint density at radius 3 is 2.75 bits per heavy atom. The van der Waals surface area contributed by atoms with Crippen molar-refractivity contribution in [1.29, 1.82) is 0 Å². The van der Waals surface area contributed by atoms with Crippen molar-refractivity contribution in [2.45, 2.75) is 6.54 Å². The van der Waals surface area contributed by atoms with E-state index in [-0.39, 0.29) is 6.54 Å². The van der Waals surface area contributed by atoms with E-state index in [9.17, 15) is 4.79 Å². The number of halogens is 1. The third kappa shape index (κ3) is 4.05. The fraction of sp³-hybridized carbons (Fsp3) is 0.250. The summed E-state index contributed by atoms with van der Waals surface area (Å²) in [7, 11) is 0. The highest BCUT2D eigenvalue weighted by Crippen LogP contribution is 2.17. The lowest BCUT2D eigenvalue weighted by Gasteiger charge is -2.18. The average molecular weight is 282 g/mol. The average Bonchev–Trinajstić information content (AvgIpc) is 2.21. The van der Waals surface area contributed by atoms with Gasteiger partial charge < -0.3 is 5.11 Å². The van der Waals surface area contributed by atoms with Gasteiger partial charge in [0.25, 0.3) is 0 Å². The maximum atomic E-state index is 10.6. The molecule has 0 amide bonds. The quantitative estimate of drug-likeness (QED) is 0.839. The molecule has 16 heavy (non-hydrogen) atoms. The maximum absolute atomic E-state index is 10.6. The summed E-state index contributed by atoms with van der Waals surface area (Å²) in [6.07, 6.45) is 5.20.